The third kappa shape index (κ3) is 4.33. The molecule has 7 nitrogen and oxygen atoms in total. The van der Waals surface area contributed by atoms with Gasteiger partial charge in [-0.3, -0.25) is 14.3 Å². The Balaban J connectivity index is 1.57. The van der Waals surface area contributed by atoms with Crippen LogP contribution >= 0.6 is 0 Å². The Morgan fingerprint density at radius 2 is 1.85 bits per heavy atom. The fourth-order valence-corrected chi connectivity index (χ4v) is 3.30. The molecule has 2 amide bonds. The maximum absolute atomic E-state index is 13.7. The fraction of sp³-hybridized carbons (Fsp3) is 0.421. The highest BCUT2D eigenvalue weighted by Gasteiger charge is 2.29. The van der Waals surface area contributed by atoms with Gasteiger partial charge in [-0.1, -0.05) is 18.2 Å². The molecule has 0 saturated carbocycles. The van der Waals surface area contributed by atoms with Gasteiger partial charge in [-0.25, -0.2) is 4.39 Å². The van der Waals surface area contributed by atoms with Crippen LogP contribution in [0.1, 0.15) is 17.2 Å². The minimum Gasteiger partial charge on any atom is -0.339 e. The van der Waals surface area contributed by atoms with Gasteiger partial charge in [0.05, 0.1) is 12.6 Å². The first-order valence-electron chi connectivity index (χ1n) is 8.95. The van der Waals surface area contributed by atoms with E-state index in [9.17, 15) is 14.0 Å². The number of nitrogens with one attached hydrogen (secondary N) is 1. The first-order chi connectivity index (χ1) is 13.0. The van der Waals surface area contributed by atoms with Gasteiger partial charge >= 0.3 is 0 Å². The molecular weight excluding hydrogens is 349 g/mol. The minimum atomic E-state index is -0.459. The van der Waals surface area contributed by atoms with Gasteiger partial charge in [0.1, 0.15) is 11.9 Å². The summed E-state index contributed by atoms with van der Waals surface area (Å²) in [5.41, 5.74) is 1.20. The van der Waals surface area contributed by atoms with Crippen molar-refractivity contribution in [3.63, 3.8) is 0 Å². The number of hydrogen-bond donors (Lipinski definition) is 1. The van der Waals surface area contributed by atoms with E-state index in [4.69, 9.17) is 0 Å². The lowest BCUT2D eigenvalue weighted by molar-refractivity contribution is -0.140. The van der Waals surface area contributed by atoms with Crippen molar-refractivity contribution >= 4 is 11.8 Å². The molecule has 0 aliphatic carbocycles. The van der Waals surface area contributed by atoms with Crippen LogP contribution in [0.25, 0.3) is 0 Å². The predicted molar refractivity (Wildman–Crippen MR) is 98.3 cm³/mol. The van der Waals surface area contributed by atoms with Crippen molar-refractivity contribution in [1.82, 2.24) is 24.9 Å². The van der Waals surface area contributed by atoms with Crippen LogP contribution in [0.4, 0.5) is 4.39 Å². The zero-order valence-electron chi connectivity index (χ0n) is 15.6. The number of carbonyl (C=O) groups is 2. The molecular formula is C19H24FN5O2. The topological polar surface area (TPSA) is 70.5 Å². The van der Waals surface area contributed by atoms with Crippen LogP contribution in [0.15, 0.2) is 36.7 Å². The van der Waals surface area contributed by atoms with Crippen molar-refractivity contribution in [1.29, 1.82) is 0 Å². The van der Waals surface area contributed by atoms with E-state index in [1.807, 2.05) is 6.20 Å². The Morgan fingerprint density at radius 1 is 1.19 bits per heavy atom. The van der Waals surface area contributed by atoms with Crippen LogP contribution in [0.5, 0.6) is 0 Å². The van der Waals surface area contributed by atoms with Gasteiger partial charge in [-0.05, 0) is 18.7 Å². The summed E-state index contributed by atoms with van der Waals surface area (Å²) >= 11 is 0. The average Bonchev–Trinajstić information content (AvgIpc) is 3.10. The Hall–Kier alpha value is -2.74. The molecule has 8 heteroatoms. The number of hydrogen-bond acceptors (Lipinski definition) is 4. The molecule has 0 bridgehead atoms. The van der Waals surface area contributed by atoms with Gasteiger partial charge < -0.3 is 15.1 Å². The number of nitrogens with zero attached hydrogens (tertiary/aromatic N) is 4. The summed E-state index contributed by atoms with van der Waals surface area (Å²) in [4.78, 5) is 28.7. The summed E-state index contributed by atoms with van der Waals surface area (Å²) in [5, 5.41) is 7.15. The summed E-state index contributed by atoms with van der Waals surface area (Å²) in [7, 11) is 3.55. The lowest BCUT2D eigenvalue weighted by Gasteiger charge is -2.36. The Bertz CT molecular complexity index is 814. The minimum absolute atomic E-state index is 0.0355. The quantitative estimate of drug-likeness (QED) is 0.839. The standard InChI is InChI=1S/C19H24FN5O2/c1-21-18(15-12-22-23(2)13-15)19(27)25-9-7-24(8-10-25)17(26)11-14-5-3-4-6-16(14)20/h3-6,12-13,18,21H,7-11H2,1-2H3. The summed E-state index contributed by atoms with van der Waals surface area (Å²) < 4.78 is 15.4. The van der Waals surface area contributed by atoms with Crippen LogP contribution < -0.4 is 5.32 Å². The van der Waals surface area contributed by atoms with E-state index in [-0.39, 0.29) is 24.1 Å². The maximum atomic E-state index is 13.7. The molecule has 2 aromatic rings. The Morgan fingerprint density at radius 3 is 2.44 bits per heavy atom. The summed E-state index contributed by atoms with van der Waals surface area (Å²) in [6.45, 7) is 1.81. The predicted octanol–water partition coefficient (Wildman–Crippen LogP) is 0.733. The zero-order valence-corrected chi connectivity index (χ0v) is 15.6. The second-order valence-corrected chi connectivity index (χ2v) is 6.64. The molecule has 1 saturated heterocycles. The first kappa shape index (κ1) is 19.0. The number of halogens is 1. The molecule has 1 unspecified atom stereocenters. The molecule has 2 heterocycles. The van der Waals surface area contributed by atoms with Crippen molar-refractivity contribution in [3.8, 4) is 0 Å². The fourth-order valence-electron chi connectivity index (χ4n) is 3.30. The van der Waals surface area contributed by atoms with E-state index >= 15 is 0 Å². The number of aryl methyl sites for hydroxylation is 1. The summed E-state index contributed by atoms with van der Waals surface area (Å²) in [5.74, 6) is -0.524. The van der Waals surface area contributed by atoms with E-state index in [1.165, 1.54) is 6.07 Å². The third-order valence-electron chi connectivity index (χ3n) is 4.84. The summed E-state index contributed by atoms with van der Waals surface area (Å²) in [6.07, 6.45) is 3.52. The van der Waals surface area contributed by atoms with Gasteiger partial charge in [0.25, 0.3) is 0 Å². The number of likely N-dealkylation sites (N-methyl/N-ethyl adjacent to an activating group) is 1. The first-order valence-corrected chi connectivity index (χ1v) is 8.95. The largest absolute Gasteiger partial charge is 0.339 e. The maximum Gasteiger partial charge on any atom is 0.244 e. The monoisotopic (exact) mass is 373 g/mol. The molecule has 1 fully saturated rings. The van der Waals surface area contributed by atoms with Crippen molar-refractivity contribution in [2.45, 2.75) is 12.5 Å². The third-order valence-corrected chi connectivity index (χ3v) is 4.84. The number of amides is 2. The molecule has 1 atom stereocenters. The average molecular weight is 373 g/mol. The number of aromatic nitrogens is 2. The van der Waals surface area contributed by atoms with Crippen LogP contribution in [-0.4, -0.2) is 64.6 Å². The van der Waals surface area contributed by atoms with E-state index in [1.54, 1.807) is 53.0 Å². The van der Waals surface area contributed by atoms with Crippen molar-refractivity contribution in [3.05, 3.63) is 53.6 Å². The highest BCUT2D eigenvalue weighted by Crippen LogP contribution is 2.17. The number of carbonyl (C=O) groups excluding carboxylic acids is 2. The van der Waals surface area contributed by atoms with Gasteiger partial charge in [-0.2, -0.15) is 5.10 Å². The second kappa shape index (κ2) is 8.30. The molecule has 0 radical (unpaired) electrons. The van der Waals surface area contributed by atoms with Crippen LogP contribution in [0.3, 0.4) is 0 Å². The Labute approximate surface area is 157 Å². The molecule has 1 aromatic heterocycles. The van der Waals surface area contributed by atoms with Crippen molar-refractivity contribution < 1.29 is 14.0 Å². The lowest BCUT2D eigenvalue weighted by atomic mass is 10.1. The number of rotatable bonds is 5. The highest BCUT2D eigenvalue weighted by atomic mass is 19.1. The molecule has 1 aliphatic rings. The van der Waals surface area contributed by atoms with Gasteiger partial charge in [-0.15, -0.1) is 0 Å². The molecule has 1 aromatic carbocycles. The van der Waals surface area contributed by atoms with E-state index in [0.717, 1.165) is 5.56 Å². The van der Waals surface area contributed by atoms with Crippen LogP contribution in [0.2, 0.25) is 0 Å². The van der Waals surface area contributed by atoms with Gasteiger partial charge in [0, 0.05) is 45.0 Å². The van der Waals surface area contributed by atoms with Gasteiger partial charge in [0.15, 0.2) is 0 Å². The van der Waals surface area contributed by atoms with Crippen LogP contribution in [-0.2, 0) is 23.1 Å². The van der Waals surface area contributed by atoms with E-state index in [2.05, 4.69) is 10.4 Å². The Kier molecular flexibility index (Phi) is 5.85. The SMILES string of the molecule is CNC(C(=O)N1CCN(C(=O)Cc2ccccc2F)CC1)c1cnn(C)c1. The summed E-state index contributed by atoms with van der Waals surface area (Å²) in [6, 6.07) is 5.85. The van der Waals surface area contributed by atoms with Crippen molar-refractivity contribution in [2.75, 3.05) is 33.2 Å². The lowest BCUT2D eigenvalue weighted by Crippen LogP contribution is -2.53. The molecule has 0 spiro atoms. The molecule has 1 N–H and O–H groups in total. The smallest absolute Gasteiger partial charge is 0.244 e. The van der Waals surface area contributed by atoms with E-state index in [0.29, 0.717) is 31.7 Å². The second-order valence-electron chi connectivity index (χ2n) is 6.64. The van der Waals surface area contributed by atoms with Crippen molar-refractivity contribution in [2.24, 2.45) is 7.05 Å². The van der Waals surface area contributed by atoms with Crippen LogP contribution in [0, 0.1) is 5.82 Å². The number of benzene rings is 1. The molecule has 3 rings (SSSR count). The zero-order chi connectivity index (χ0) is 19.4. The van der Waals surface area contributed by atoms with E-state index < -0.39 is 6.04 Å². The molecule has 144 valence electrons. The van der Waals surface area contributed by atoms with Gasteiger partial charge in [0.2, 0.25) is 11.8 Å². The molecule has 1 aliphatic heterocycles. The number of piperazine rings is 1. The molecule has 27 heavy (non-hydrogen) atoms. The normalized spacial score (nSPS) is 15.7. The highest BCUT2D eigenvalue weighted by molar-refractivity contribution is 5.84.